The fourth-order valence-electron chi connectivity index (χ4n) is 5.11. The summed E-state index contributed by atoms with van der Waals surface area (Å²) in [7, 11) is 1.64. The molecule has 2 aromatic heterocycles. The minimum Gasteiger partial charge on any atom is -0.497 e. The summed E-state index contributed by atoms with van der Waals surface area (Å²) in [5.74, 6) is 0.956. The van der Waals surface area contributed by atoms with E-state index in [0.29, 0.717) is 11.3 Å². The molecule has 2 N–H and O–H groups in total. The van der Waals surface area contributed by atoms with Crippen molar-refractivity contribution < 1.29 is 18.7 Å². The number of furan rings is 1. The second kappa shape index (κ2) is 9.35. The molecule has 3 heterocycles. The van der Waals surface area contributed by atoms with Crippen molar-refractivity contribution in [2.45, 2.75) is 12.6 Å². The number of hydrogen-bond donors (Lipinski definition) is 2. The molecule has 37 heavy (non-hydrogen) atoms. The summed E-state index contributed by atoms with van der Waals surface area (Å²) in [5, 5.41) is 3.87. The number of rotatable bonds is 7. The summed E-state index contributed by atoms with van der Waals surface area (Å²) in [5.41, 5.74) is 5.20. The molecule has 1 atom stereocenters. The number of carbonyl (C=O) groups excluding carboxylic acids is 2. The molecule has 0 unspecified atom stereocenters. The molecule has 7 nitrogen and oxygen atoms in total. The van der Waals surface area contributed by atoms with Gasteiger partial charge in [-0.2, -0.15) is 0 Å². The van der Waals surface area contributed by atoms with Gasteiger partial charge in [0.1, 0.15) is 18.1 Å². The number of aromatic amines is 1. The van der Waals surface area contributed by atoms with Gasteiger partial charge in [0.2, 0.25) is 5.91 Å². The predicted molar refractivity (Wildman–Crippen MR) is 140 cm³/mol. The van der Waals surface area contributed by atoms with Gasteiger partial charge in [0.05, 0.1) is 31.7 Å². The lowest BCUT2D eigenvalue weighted by Gasteiger charge is -2.26. The Morgan fingerprint density at radius 2 is 1.86 bits per heavy atom. The quantitative estimate of drug-likeness (QED) is 0.324. The summed E-state index contributed by atoms with van der Waals surface area (Å²) >= 11 is 0. The number of fused-ring (bicyclic) bond motifs is 2. The van der Waals surface area contributed by atoms with E-state index in [1.165, 1.54) is 0 Å². The van der Waals surface area contributed by atoms with Gasteiger partial charge in [-0.05, 0) is 42.0 Å². The fraction of sp³-hybridized carbons (Fsp3) is 0.133. The van der Waals surface area contributed by atoms with Gasteiger partial charge in [-0.1, -0.05) is 48.5 Å². The lowest BCUT2D eigenvalue weighted by molar-refractivity contribution is -0.122. The second-order valence-corrected chi connectivity index (χ2v) is 8.97. The molecule has 184 valence electrons. The summed E-state index contributed by atoms with van der Waals surface area (Å²) in [6, 6.07) is 26.6. The molecule has 0 bridgehead atoms. The predicted octanol–water partition coefficient (Wildman–Crippen LogP) is 5.30. The number of amides is 2. The van der Waals surface area contributed by atoms with E-state index in [1.807, 2.05) is 72.8 Å². The van der Waals surface area contributed by atoms with Crippen LogP contribution in [0.1, 0.15) is 33.3 Å². The van der Waals surface area contributed by atoms with E-state index in [1.54, 1.807) is 30.4 Å². The maximum atomic E-state index is 13.7. The van der Waals surface area contributed by atoms with Crippen LogP contribution in [0.25, 0.3) is 22.2 Å². The zero-order chi connectivity index (χ0) is 25.4. The third-order valence-electron chi connectivity index (χ3n) is 6.79. The summed E-state index contributed by atoms with van der Waals surface area (Å²) in [6.07, 6.45) is 1.56. The first-order chi connectivity index (χ1) is 18.1. The highest BCUT2D eigenvalue weighted by atomic mass is 16.5. The molecule has 3 aromatic carbocycles. The molecule has 7 heteroatoms. The number of hydrogen-bond acceptors (Lipinski definition) is 4. The van der Waals surface area contributed by atoms with E-state index >= 15 is 0 Å². The smallest absolute Gasteiger partial charge is 0.255 e. The van der Waals surface area contributed by atoms with Crippen LogP contribution in [0.2, 0.25) is 0 Å². The van der Waals surface area contributed by atoms with Gasteiger partial charge in [0.15, 0.2) is 0 Å². The zero-order valence-electron chi connectivity index (χ0n) is 20.2. The number of para-hydroxylation sites is 1. The Hall–Kier alpha value is -4.78. The van der Waals surface area contributed by atoms with Gasteiger partial charge < -0.3 is 24.4 Å². The van der Waals surface area contributed by atoms with E-state index < -0.39 is 6.04 Å². The Morgan fingerprint density at radius 1 is 1.03 bits per heavy atom. The molecular weight excluding hydrogens is 466 g/mol. The van der Waals surface area contributed by atoms with Crippen LogP contribution in [-0.4, -0.2) is 35.4 Å². The van der Waals surface area contributed by atoms with Crippen LogP contribution in [0.4, 0.5) is 0 Å². The van der Waals surface area contributed by atoms with Crippen LogP contribution in [-0.2, 0) is 11.3 Å². The largest absolute Gasteiger partial charge is 0.497 e. The van der Waals surface area contributed by atoms with Gasteiger partial charge in [-0.15, -0.1) is 0 Å². The highest BCUT2D eigenvalue weighted by Gasteiger charge is 2.41. The first-order valence-corrected chi connectivity index (χ1v) is 12.1. The number of benzene rings is 3. The van der Waals surface area contributed by atoms with E-state index in [-0.39, 0.29) is 24.9 Å². The molecule has 0 radical (unpaired) electrons. The Bertz CT molecular complexity index is 1600. The number of methoxy groups -OCH3 is 1. The normalized spacial score (nSPS) is 14.7. The van der Waals surface area contributed by atoms with Crippen LogP contribution in [0.5, 0.6) is 5.75 Å². The van der Waals surface area contributed by atoms with Gasteiger partial charge in [-0.3, -0.25) is 9.59 Å². The topological polar surface area (TPSA) is 87.6 Å². The van der Waals surface area contributed by atoms with E-state index in [4.69, 9.17) is 9.15 Å². The van der Waals surface area contributed by atoms with Crippen LogP contribution in [0.15, 0.2) is 95.6 Å². The van der Waals surface area contributed by atoms with Crippen LogP contribution in [0, 0.1) is 0 Å². The first kappa shape index (κ1) is 22.7. The molecular formula is C30H25N3O4. The molecule has 0 spiro atoms. The average molecular weight is 492 g/mol. The average Bonchev–Trinajstić information content (AvgIpc) is 3.65. The molecule has 0 saturated heterocycles. The van der Waals surface area contributed by atoms with E-state index in [0.717, 1.165) is 39.0 Å². The van der Waals surface area contributed by atoms with E-state index in [2.05, 4.69) is 10.3 Å². The Balaban J connectivity index is 1.46. The summed E-state index contributed by atoms with van der Waals surface area (Å²) in [4.78, 5) is 31.9. The van der Waals surface area contributed by atoms with Crippen molar-refractivity contribution in [3.05, 3.63) is 114 Å². The van der Waals surface area contributed by atoms with Crippen molar-refractivity contribution in [2.24, 2.45) is 0 Å². The summed E-state index contributed by atoms with van der Waals surface area (Å²) < 4.78 is 10.8. The molecule has 2 amide bonds. The minimum absolute atomic E-state index is 0.0874. The molecule has 1 aliphatic rings. The number of carbonyl (C=O) groups is 2. The minimum atomic E-state index is -0.449. The van der Waals surface area contributed by atoms with Crippen LogP contribution in [0.3, 0.4) is 0 Å². The SMILES string of the molecule is COc1cccc(-c2[nH]c3ccccc3c2[C@@H]2c3ccccc3C(=O)N2CC(=O)NCc2ccco2)c1. The Labute approximate surface area is 213 Å². The summed E-state index contributed by atoms with van der Waals surface area (Å²) in [6.45, 7) is 0.170. The lowest BCUT2D eigenvalue weighted by Crippen LogP contribution is -2.39. The van der Waals surface area contributed by atoms with Crippen molar-refractivity contribution in [1.29, 1.82) is 0 Å². The maximum absolute atomic E-state index is 13.7. The third kappa shape index (κ3) is 4.04. The maximum Gasteiger partial charge on any atom is 0.255 e. The number of nitrogens with zero attached hydrogens (tertiary/aromatic N) is 1. The highest BCUT2D eigenvalue weighted by Crippen LogP contribution is 2.45. The fourth-order valence-corrected chi connectivity index (χ4v) is 5.11. The molecule has 1 aliphatic heterocycles. The second-order valence-electron chi connectivity index (χ2n) is 8.97. The Kier molecular flexibility index (Phi) is 5.73. The van der Waals surface area contributed by atoms with E-state index in [9.17, 15) is 9.59 Å². The monoisotopic (exact) mass is 491 g/mol. The van der Waals surface area contributed by atoms with Gasteiger partial charge in [0.25, 0.3) is 5.91 Å². The molecule has 0 fully saturated rings. The highest BCUT2D eigenvalue weighted by molar-refractivity contribution is 6.03. The molecule has 0 aliphatic carbocycles. The first-order valence-electron chi connectivity index (χ1n) is 12.1. The molecule has 5 aromatic rings. The van der Waals surface area contributed by atoms with Gasteiger partial charge in [0, 0.05) is 27.6 Å². The Morgan fingerprint density at radius 3 is 2.70 bits per heavy atom. The molecule has 6 rings (SSSR count). The lowest BCUT2D eigenvalue weighted by atomic mass is 9.93. The number of aromatic nitrogens is 1. The molecule has 0 saturated carbocycles. The van der Waals surface area contributed by atoms with Crippen molar-refractivity contribution in [2.75, 3.05) is 13.7 Å². The number of H-pyrrole nitrogens is 1. The van der Waals surface area contributed by atoms with Crippen molar-refractivity contribution in [1.82, 2.24) is 15.2 Å². The zero-order valence-corrected chi connectivity index (χ0v) is 20.2. The standard InChI is InChI=1S/C30H25N3O4/c1-36-20-9-6-8-19(16-20)28-27(24-13-4-5-14-25(24)32-28)29-22-11-2-3-12-23(22)30(35)33(29)18-26(34)31-17-21-10-7-15-37-21/h2-16,29,32H,17-18H2,1H3,(H,31,34)/t29-/m0/s1. The van der Waals surface area contributed by atoms with Crippen molar-refractivity contribution >= 4 is 22.7 Å². The van der Waals surface area contributed by atoms with Gasteiger partial charge >= 0.3 is 0 Å². The van der Waals surface area contributed by atoms with Crippen molar-refractivity contribution in [3.63, 3.8) is 0 Å². The third-order valence-corrected chi connectivity index (χ3v) is 6.79. The number of ether oxygens (including phenoxy) is 1. The van der Waals surface area contributed by atoms with Crippen molar-refractivity contribution in [3.8, 4) is 17.0 Å². The van der Waals surface area contributed by atoms with Crippen LogP contribution >= 0.6 is 0 Å². The van der Waals surface area contributed by atoms with Gasteiger partial charge in [-0.25, -0.2) is 0 Å². The number of nitrogens with one attached hydrogen (secondary N) is 2. The van der Waals surface area contributed by atoms with Crippen LogP contribution < -0.4 is 10.1 Å².